The number of hydrogen-bond acceptors (Lipinski definition) is 6. The summed E-state index contributed by atoms with van der Waals surface area (Å²) in [7, 11) is -3.85. The number of hydrogen-bond donors (Lipinski definition) is 2. The van der Waals surface area contributed by atoms with Crippen LogP contribution in [0, 0.1) is 22.6 Å². The van der Waals surface area contributed by atoms with Gasteiger partial charge in [-0.1, -0.05) is 23.2 Å². The Hall–Kier alpha value is -1.93. The number of halogens is 3. The maximum atomic E-state index is 13.9. The first-order chi connectivity index (χ1) is 15.1. The second kappa shape index (κ2) is 9.91. The summed E-state index contributed by atoms with van der Waals surface area (Å²) >= 11 is 12.0. The second-order valence-corrected chi connectivity index (χ2v) is 10.6. The van der Waals surface area contributed by atoms with E-state index in [9.17, 15) is 17.9 Å². The van der Waals surface area contributed by atoms with Gasteiger partial charge in [0.25, 0.3) is 0 Å². The fourth-order valence-electron chi connectivity index (χ4n) is 3.32. The fourth-order valence-corrected chi connectivity index (χ4v) is 5.73. The Bertz CT molecular complexity index is 1130. The molecule has 1 unspecified atom stereocenters. The first-order valence-electron chi connectivity index (χ1n) is 9.72. The minimum absolute atomic E-state index is 0.0336. The van der Waals surface area contributed by atoms with Crippen molar-refractivity contribution in [2.24, 2.45) is 5.41 Å². The molecule has 1 aliphatic rings. The number of benzene rings is 2. The van der Waals surface area contributed by atoms with Gasteiger partial charge in [0, 0.05) is 42.2 Å². The Balaban J connectivity index is 1.76. The van der Waals surface area contributed by atoms with Gasteiger partial charge in [-0.15, -0.1) is 0 Å². The molecule has 1 saturated heterocycles. The quantitative estimate of drug-likeness (QED) is 0.547. The van der Waals surface area contributed by atoms with Crippen LogP contribution in [0.25, 0.3) is 0 Å². The van der Waals surface area contributed by atoms with Gasteiger partial charge in [0.2, 0.25) is 10.0 Å². The lowest BCUT2D eigenvalue weighted by Gasteiger charge is -2.49. The highest BCUT2D eigenvalue weighted by Gasteiger charge is 2.49. The standard InChI is InChI=1S/C21H22Cl2FN3O4S/c1-14(9-28)26-10-21(13-31-17-4-2-15(8-25)19(24)7-17)11-27(12-21)32(29,30)20-5-3-16(22)6-18(20)23/h2-7,14,26,28H,9-13H2,1H3. The third-order valence-corrected chi connectivity index (χ3v) is 7.75. The molecule has 2 aromatic carbocycles. The number of aliphatic hydroxyl groups excluding tert-OH is 1. The lowest BCUT2D eigenvalue weighted by atomic mass is 9.82. The van der Waals surface area contributed by atoms with Gasteiger partial charge < -0.3 is 15.2 Å². The van der Waals surface area contributed by atoms with E-state index >= 15 is 0 Å². The normalized spacial score (nSPS) is 16.8. The molecule has 1 fully saturated rings. The summed E-state index contributed by atoms with van der Waals surface area (Å²) in [4.78, 5) is -0.0380. The zero-order chi connectivity index (χ0) is 23.5. The van der Waals surface area contributed by atoms with Crippen LogP contribution in [0.5, 0.6) is 5.75 Å². The first kappa shape index (κ1) is 24.7. The first-order valence-corrected chi connectivity index (χ1v) is 11.9. The summed E-state index contributed by atoms with van der Waals surface area (Å²) in [6.45, 7) is 2.46. The molecule has 1 atom stereocenters. The minimum Gasteiger partial charge on any atom is -0.493 e. The zero-order valence-electron chi connectivity index (χ0n) is 17.2. The van der Waals surface area contributed by atoms with Gasteiger partial charge in [-0.25, -0.2) is 12.8 Å². The van der Waals surface area contributed by atoms with Crippen molar-refractivity contribution >= 4 is 33.2 Å². The van der Waals surface area contributed by atoms with Crippen LogP contribution in [-0.2, 0) is 10.0 Å². The van der Waals surface area contributed by atoms with Crippen molar-refractivity contribution in [1.29, 1.82) is 5.26 Å². The molecule has 3 rings (SSSR count). The molecule has 1 heterocycles. The van der Waals surface area contributed by atoms with Gasteiger partial charge in [-0.05, 0) is 37.3 Å². The Morgan fingerprint density at radius 1 is 1.31 bits per heavy atom. The van der Waals surface area contributed by atoms with E-state index in [-0.39, 0.29) is 53.6 Å². The third-order valence-electron chi connectivity index (χ3n) is 5.24. The van der Waals surface area contributed by atoms with E-state index in [4.69, 9.17) is 33.2 Å². The fraction of sp³-hybridized carbons (Fsp3) is 0.381. The van der Waals surface area contributed by atoms with Crippen LogP contribution < -0.4 is 10.1 Å². The highest BCUT2D eigenvalue weighted by atomic mass is 35.5. The van der Waals surface area contributed by atoms with Crippen molar-refractivity contribution in [3.63, 3.8) is 0 Å². The minimum atomic E-state index is -3.85. The molecular formula is C21H22Cl2FN3O4S. The molecule has 11 heteroatoms. The van der Waals surface area contributed by atoms with E-state index in [0.29, 0.717) is 11.6 Å². The number of nitrogens with one attached hydrogen (secondary N) is 1. The Kier molecular flexibility index (Phi) is 7.65. The van der Waals surface area contributed by atoms with E-state index in [1.807, 2.05) is 0 Å². The van der Waals surface area contributed by atoms with Gasteiger partial charge in [-0.3, -0.25) is 0 Å². The van der Waals surface area contributed by atoms with Gasteiger partial charge in [0.05, 0.1) is 23.8 Å². The number of ether oxygens (including phenoxy) is 1. The van der Waals surface area contributed by atoms with Crippen LogP contribution in [0.3, 0.4) is 0 Å². The van der Waals surface area contributed by atoms with E-state index in [1.165, 1.54) is 34.6 Å². The molecule has 0 spiro atoms. The van der Waals surface area contributed by atoms with E-state index in [1.54, 1.807) is 13.0 Å². The molecule has 0 radical (unpaired) electrons. The van der Waals surface area contributed by atoms with Crippen LogP contribution in [0.15, 0.2) is 41.3 Å². The van der Waals surface area contributed by atoms with Crippen molar-refractivity contribution in [2.75, 3.05) is 32.8 Å². The van der Waals surface area contributed by atoms with Crippen molar-refractivity contribution in [3.05, 3.63) is 57.8 Å². The van der Waals surface area contributed by atoms with Gasteiger partial charge in [0.1, 0.15) is 22.5 Å². The van der Waals surface area contributed by atoms with Crippen molar-refractivity contribution in [3.8, 4) is 11.8 Å². The average molecular weight is 502 g/mol. The molecule has 0 aromatic heterocycles. The monoisotopic (exact) mass is 501 g/mol. The van der Waals surface area contributed by atoms with Crippen molar-refractivity contribution < 1.29 is 22.7 Å². The molecule has 0 aliphatic carbocycles. The smallest absolute Gasteiger partial charge is 0.244 e. The highest BCUT2D eigenvalue weighted by Crippen LogP contribution is 2.37. The summed E-state index contributed by atoms with van der Waals surface area (Å²) in [6, 6.07) is 9.67. The second-order valence-electron chi connectivity index (χ2n) is 7.85. The highest BCUT2D eigenvalue weighted by molar-refractivity contribution is 7.89. The molecule has 0 saturated carbocycles. The Labute approximate surface area is 196 Å². The summed E-state index contributed by atoms with van der Waals surface area (Å²) in [5.41, 5.74) is -0.703. The topological polar surface area (TPSA) is 103 Å². The zero-order valence-corrected chi connectivity index (χ0v) is 19.5. The predicted octanol–water partition coefficient (Wildman–Crippen LogP) is 3.04. The number of aliphatic hydroxyl groups is 1. The third kappa shape index (κ3) is 5.34. The molecule has 1 aliphatic heterocycles. The Morgan fingerprint density at radius 3 is 2.62 bits per heavy atom. The van der Waals surface area contributed by atoms with Gasteiger partial charge in [0.15, 0.2) is 0 Å². The maximum absolute atomic E-state index is 13.9. The largest absolute Gasteiger partial charge is 0.493 e. The number of sulfonamides is 1. The SMILES string of the molecule is CC(CO)NCC1(COc2ccc(C#N)c(F)c2)CN(S(=O)(=O)c2ccc(Cl)cc2Cl)C1. The molecule has 172 valence electrons. The average Bonchev–Trinajstić information content (AvgIpc) is 2.72. The Morgan fingerprint density at radius 2 is 2.03 bits per heavy atom. The maximum Gasteiger partial charge on any atom is 0.244 e. The summed E-state index contributed by atoms with van der Waals surface area (Å²) in [5, 5.41) is 21.7. The molecular weight excluding hydrogens is 480 g/mol. The molecule has 2 aromatic rings. The van der Waals surface area contributed by atoms with Crippen molar-refractivity contribution in [2.45, 2.75) is 17.9 Å². The lowest BCUT2D eigenvalue weighted by Crippen LogP contribution is -2.65. The molecule has 7 nitrogen and oxygen atoms in total. The number of rotatable bonds is 9. The van der Waals surface area contributed by atoms with Crippen molar-refractivity contribution in [1.82, 2.24) is 9.62 Å². The summed E-state index contributed by atoms with van der Waals surface area (Å²) in [6.07, 6.45) is 0. The van der Waals surface area contributed by atoms with Crippen LogP contribution in [0.4, 0.5) is 4.39 Å². The van der Waals surface area contributed by atoms with Crippen LogP contribution in [-0.4, -0.2) is 56.7 Å². The van der Waals surface area contributed by atoms with Crippen LogP contribution in [0.1, 0.15) is 12.5 Å². The summed E-state index contributed by atoms with van der Waals surface area (Å²) < 4.78 is 47.0. The number of nitrogens with zero attached hydrogens (tertiary/aromatic N) is 2. The molecule has 32 heavy (non-hydrogen) atoms. The van der Waals surface area contributed by atoms with Gasteiger partial charge in [-0.2, -0.15) is 9.57 Å². The summed E-state index contributed by atoms with van der Waals surface area (Å²) in [5.74, 6) is -0.459. The van der Waals surface area contributed by atoms with Crippen LogP contribution >= 0.6 is 23.2 Å². The van der Waals surface area contributed by atoms with E-state index in [0.717, 1.165) is 6.07 Å². The number of nitriles is 1. The van der Waals surface area contributed by atoms with Gasteiger partial charge >= 0.3 is 0 Å². The molecule has 2 N–H and O–H groups in total. The van der Waals surface area contributed by atoms with E-state index in [2.05, 4.69) is 5.32 Å². The molecule has 0 amide bonds. The molecule has 0 bridgehead atoms. The lowest BCUT2D eigenvalue weighted by molar-refractivity contribution is 0.0159. The van der Waals surface area contributed by atoms with Crippen LogP contribution in [0.2, 0.25) is 10.0 Å². The predicted molar refractivity (Wildman–Crippen MR) is 119 cm³/mol. The van der Waals surface area contributed by atoms with E-state index < -0.39 is 21.3 Å².